The number of hydrogen-bond donors (Lipinski definition) is 1. The molecule has 1 unspecified atom stereocenters. The molecule has 3 nitrogen and oxygen atoms in total. The van der Waals surface area contributed by atoms with Crippen LogP contribution in [0.1, 0.15) is 25.0 Å². The van der Waals surface area contributed by atoms with Gasteiger partial charge >= 0.3 is 0 Å². The summed E-state index contributed by atoms with van der Waals surface area (Å²) in [6, 6.07) is 6.88. The van der Waals surface area contributed by atoms with Gasteiger partial charge in [-0.25, -0.2) is 0 Å². The molecule has 1 atom stereocenters. The first-order valence-corrected chi connectivity index (χ1v) is 6.58. The molecule has 1 aromatic rings. The van der Waals surface area contributed by atoms with E-state index in [0.29, 0.717) is 18.4 Å². The highest BCUT2D eigenvalue weighted by molar-refractivity contribution is 6.00. The average molecular weight is 246 g/mol. The summed E-state index contributed by atoms with van der Waals surface area (Å²) in [6.07, 6.45) is 1.56. The summed E-state index contributed by atoms with van der Waals surface area (Å²) >= 11 is 0. The molecule has 18 heavy (non-hydrogen) atoms. The molecular weight excluding hydrogens is 224 g/mol. The average Bonchev–Trinajstić information content (AvgIpc) is 2.61. The number of fused-ring (bicyclic) bond motifs is 1. The molecule has 2 rings (SSSR count). The third kappa shape index (κ3) is 2.41. The van der Waals surface area contributed by atoms with E-state index in [-0.39, 0.29) is 5.91 Å². The fraction of sp³-hybridized carbons (Fsp3) is 0.533. The summed E-state index contributed by atoms with van der Waals surface area (Å²) in [4.78, 5) is 13.4. The van der Waals surface area contributed by atoms with Crippen molar-refractivity contribution in [1.29, 1.82) is 0 Å². The molecular formula is C15H22N2O. The van der Waals surface area contributed by atoms with E-state index in [4.69, 9.17) is 0 Å². The predicted molar refractivity (Wildman–Crippen MR) is 74.9 cm³/mol. The van der Waals surface area contributed by atoms with Crippen molar-refractivity contribution in [1.82, 2.24) is 5.32 Å². The van der Waals surface area contributed by atoms with E-state index in [1.807, 2.05) is 14.1 Å². The monoisotopic (exact) mass is 246 g/mol. The third-order valence-corrected chi connectivity index (χ3v) is 3.85. The molecule has 98 valence electrons. The van der Waals surface area contributed by atoms with Gasteiger partial charge in [0.15, 0.2) is 0 Å². The molecule has 0 bridgehead atoms. The quantitative estimate of drug-likeness (QED) is 0.881. The standard InChI is InChI=1S/C15H22N2O/c1-10(2)13(16-3)8-11-5-6-14-12(7-11)9-15(18)17(14)4/h5-7,10,13,16H,8-9H2,1-4H3. The van der Waals surface area contributed by atoms with E-state index < -0.39 is 0 Å². The lowest BCUT2D eigenvalue weighted by molar-refractivity contribution is -0.117. The molecule has 0 aromatic heterocycles. The number of carbonyl (C=O) groups is 1. The second-order valence-corrected chi connectivity index (χ2v) is 5.44. The van der Waals surface area contributed by atoms with Crippen LogP contribution in [0.4, 0.5) is 5.69 Å². The highest BCUT2D eigenvalue weighted by Crippen LogP contribution is 2.28. The van der Waals surface area contributed by atoms with Crippen LogP contribution in [0.25, 0.3) is 0 Å². The lowest BCUT2D eigenvalue weighted by Gasteiger charge is -2.20. The summed E-state index contributed by atoms with van der Waals surface area (Å²) in [5.41, 5.74) is 3.54. The van der Waals surface area contributed by atoms with Crippen molar-refractivity contribution in [2.24, 2.45) is 5.92 Å². The number of hydrogen-bond acceptors (Lipinski definition) is 2. The zero-order valence-electron chi connectivity index (χ0n) is 11.7. The van der Waals surface area contributed by atoms with Gasteiger partial charge in [-0.2, -0.15) is 0 Å². The first-order chi connectivity index (χ1) is 8.52. The van der Waals surface area contributed by atoms with Gasteiger partial charge in [0, 0.05) is 18.8 Å². The number of amides is 1. The molecule has 0 radical (unpaired) electrons. The van der Waals surface area contributed by atoms with Crippen molar-refractivity contribution in [3.8, 4) is 0 Å². The highest BCUT2D eigenvalue weighted by atomic mass is 16.2. The Labute approximate surface area is 109 Å². The van der Waals surface area contributed by atoms with Gasteiger partial charge in [0.25, 0.3) is 0 Å². The van der Waals surface area contributed by atoms with Crippen molar-refractivity contribution in [2.45, 2.75) is 32.7 Å². The predicted octanol–water partition coefficient (Wildman–Crippen LogP) is 1.99. The van der Waals surface area contributed by atoms with Gasteiger partial charge in [0.1, 0.15) is 0 Å². The van der Waals surface area contributed by atoms with Gasteiger partial charge in [-0.15, -0.1) is 0 Å². The molecule has 0 aliphatic carbocycles. The van der Waals surface area contributed by atoms with Crippen molar-refractivity contribution in [3.05, 3.63) is 29.3 Å². The van der Waals surface area contributed by atoms with Crippen LogP contribution in [-0.4, -0.2) is 26.0 Å². The molecule has 1 aromatic carbocycles. The molecule has 1 aliphatic heterocycles. The van der Waals surface area contributed by atoms with E-state index >= 15 is 0 Å². The lowest BCUT2D eigenvalue weighted by Crippen LogP contribution is -2.32. The first-order valence-electron chi connectivity index (χ1n) is 6.58. The van der Waals surface area contributed by atoms with Gasteiger partial charge < -0.3 is 10.2 Å². The maximum Gasteiger partial charge on any atom is 0.231 e. The molecule has 1 aliphatic rings. The van der Waals surface area contributed by atoms with Gasteiger partial charge in [-0.1, -0.05) is 26.0 Å². The van der Waals surface area contributed by atoms with Crippen molar-refractivity contribution in [3.63, 3.8) is 0 Å². The van der Waals surface area contributed by atoms with Gasteiger partial charge in [0.05, 0.1) is 6.42 Å². The fourth-order valence-corrected chi connectivity index (χ4v) is 2.58. The Morgan fingerprint density at radius 1 is 1.39 bits per heavy atom. The van der Waals surface area contributed by atoms with Crippen LogP contribution in [0, 0.1) is 5.92 Å². The number of likely N-dealkylation sites (N-methyl/N-ethyl adjacent to an activating group) is 2. The van der Waals surface area contributed by atoms with Gasteiger partial charge in [-0.3, -0.25) is 4.79 Å². The molecule has 0 saturated carbocycles. The van der Waals surface area contributed by atoms with Crippen LogP contribution in [0.5, 0.6) is 0 Å². The van der Waals surface area contributed by atoms with Gasteiger partial charge in [-0.05, 0) is 36.6 Å². The molecule has 1 heterocycles. The van der Waals surface area contributed by atoms with E-state index in [9.17, 15) is 4.79 Å². The number of anilines is 1. The van der Waals surface area contributed by atoms with E-state index in [2.05, 4.69) is 37.4 Å². The zero-order chi connectivity index (χ0) is 13.3. The van der Waals surface area contributed by atoms with E-state index in [0.717, 1.165) is 12.1 Å². The molecule has 1 N–H and O–H groups in total. The fourth-order valence-electron chi connectivity index (χ4n) is 2.58. The Balaban J connectivity index is 2.18. The number of benzene rings is 1. The normalized spacial score (nSPS) is 16.3. The Morgan fingerprint density at radius 2 is 2.11 bits per heavy atom. The second kappa shape index (κ2) is 5.11. The van der Waals surface area contributed by atoms with Gasteiger partial charge in [0.2, 0.25) is 5.91 Å². The van der Waals surface area contributed by atoms with Crippen LogP contribution in [0.3, 0.4) is 0 Å². The Morgan fingerprint density at radius 3 is 2.72 bits per heavy atom. The molecule has 0 fully saturated rings. The molecule has 0 saturated heterocycles. The minimum Gasteiger partial charge on any atom is -0.316 e. The SMILES string of the molecule is CNC(Cc1ccc2c(c1)CC(=O)N2C)C(C)C. The topological polar surface area (TPSA) is 32.3 Å². The maximum atomic E-state index is 11.6. The van der Waals surface area contributed by atoms with Crippen LogP contribution < -0.4 is 10.2 Å². The van der Waals surface area contributed by atoms with Crippen molar-refractivity contribution >= 4 is 11.6 Å². The maximum absolute atomic E-state index is 11.6. The summed E-state index contributed by atoms with van der Waals surface area (Å²) in [6.45, 7) is 4.46. The largest absolute Gasteiger partial charge is 0.316 e. The van der Waals surface area contributed by atoms with Crippen molar-refractivity contribution < 1.29 is 4.79 Å². The van der Waals surface area contributed by atoms with Crippen LogP contribution in [0.2, 0.25) is 0 Å². The van der Waals surface area contributed by atoms with Crippen LogP contribution in [0.15, 0.2) is 18.2 Å². The van der Waals surface area contributed by atoms with Crippen LogP contribution >= 0.6 is 0 Å². The summed E-state index contributed by atoms with van der Waals surface area (Å²) in [5.74, 6) is 0.795. The highest BCUT2D eigenvalue weighted by Gasteiger charge is 2.24. The Hall–Kier alpha value is -1.35. The molecule has 0 spiro atoms. The van der Waals surface area contributed by atoms with E-state index in [1.165, 1.54) is 11.1 Å². The molecule has 1 amide bonds. The van der Waals surface area contributed by atoms with E-state index in [1.54, 1.807) is 4.90 Å². The molecule has 3 heteroatoms. The minimum atomic E-state index is 0.191. The second-order valence-electron chi connectivity index (χ2n) is 5.44. The number of nitrogens with one attached hydrogen (secondary N) is 1. The smallest absolute Gasteiger partial charge is 0.231 e. The lowest BCUT2D eigenvalue weighted by atomic mass is 9.95. The summed E-state index contributed by atoms with van der Waals surface area (Å²) < 4.78 is 0. The Kier molecular flexibility index (Phi) is 3.71. The summed E-state index contributed by atoms with van der Waals surface area (Å²) in [7, 11) is 3.85. The Bertz CT molecular complexity index is 454. The zero-order valence-corrected chi connectivity index (χ0v) is 11.7. The summed E-state index contributed by atoms with van der Waals surface area (Å²) in [5, 5.41) is 3.36. The van der Waals surface area contributed by atoms with Crippen LogP contribution in [-0.2, 0) is 17.6 Å². The number of nitrogens with zero attached hydrogens (tertiary/aromatic N) is 1. The minimum absolute atomic E-state index is 0.191. The first kappa shape index (κ1) is 13.1. The number of carbonyl (C=O) groups excluding carboxylic acids is 1. The van der Waals surface area contributed by atoms with Crippen molar-refractivity contribution in [2.75, 3.05) is 19.0 Å². The third-order valence-electron chi connectivity index (χ3n) is 3.85. The number of rotatable bonds is 4.